The summed E-state index contributed by atoms with van der Waals surface area (Å²) in [4.78, 5) is 2.15. The van der Waals surface area contributed by atoms with E-state index in [9.17, 15) is 8.42 Å². The van der Waals surface area contributed by atoms with Gasteiger partial charge in [-0.2, -0.15) is 0 Å². The summed E-state index contributed by atoms with van der Waals surface area (Å²) in [6, 6.07) is 3.55. The monoisotopic (exact) mass is 380 g/mol. The third kappa shape index (κ3) is 3.65. The highest BCUT2D eigenvalue weighted by Crippen LogP contribution is 2.25. The lowest BCUT2D eigenvalue weighted by Crippen LogP contribution is -2.24. The average Bonchev–Trinajstić information content (AvgIpc) is 2.97. The predicted octanol–water partition coefficient (Wildman–Crippen LogP) is 2.77. The van der Waals surface area contributed by atoms with Crippen molar-refractivity contribution in [3.05, 3.63) is 37.1 Å². The van der Waals surface area contributed by atoms with E-state index in [-0.39, 0.29) is 0 Å². The zero-order valence-corrected chi connectivity index (χ0v) is 14.2. The number of thiophene rings is 2. The summed E-state index contributed by atoms with van der Waals surface area (Å²) < 4.78 is 28.1. The van der Waals surface area contributed by atoms with Crippen molar-refractivity contribution in [3.8, 4) is 0 Å². The first-order valence-corrected chi connectivity index (χ1v) is 9.50. The molecule has 0 aliphatic rings. The Bertz CT molecular complexity index is 648. The third-order valence-corrected chi connectivity index (χ3v) is 6.91. The molecule has 0 fully saturated rings. The second-order valence-corrected chi connectivity index (χ2v) is 8.35. The Balaban J connectivity index is 2.14. The fourth-order valence-corrected chi connectivity index (χ4v) is 5.52. The van der Waals surface area contributed by atoms with Crippen molar-refractivity contribution in [2.45, 2.75) is 18.0 Å². The number of halogens is 1. The van der Waals surface area contributed by atoms with Crippen molar-refractivity contribution in [3.63, 3.8) is 0 Å². The number of nitrogens with one attached hydrogen (secondary N) is 2. The molecular formula is C11H13BrN2O2S3. The van der Waals surface area contributed by atoms with E-state index in [0.717, 1.165) is 14.2 Å². The number of hydrogen-bond acceptors (Lipinski definition) is 5. The van der Waals surface area contributed by atoms with Crippen LogP contribution in [0.5, 0.6) is 0 Å². The van der Waals surface area contributed by atoms with E-state index in [0.29, 0.717) is 18.0 Å². The van der Waals surface area contributed by atoms with Crippen LogP contribution in [0.2, 0.25) is 0 Å². The molecule has 0 bridgehead atoms. The van der Waals surface area contributed by atoms with Crippen LogP contribution in [0.1, 0.15) is 9.75 Å². The van der Waals surface area contributed by atoms with Gasteiger partial charge in [-0.3, -0.25) is 0 Å². The molecule has 2 rings (SSSR count). The average molecular weight is 381 g/mol. The van der Waals surface area contributed by atoms with E-state index in [1.165, 1.54) is 22.7 Å². The van der Waals surface area contributed by atoms with Crippen LogP contribution in [0.4, 0.5) is 0 Å². The van der Waals surface area contributed by atoms with Crippen molar-refractivity contribution >= 4 is 48.6 Å². The molecular weight excluding hydrogens is 368 g/mol. The molecule has 2 N–H and O–H groups in total. The topological polar surface area (TPSA) is 58.2 Å². The normalized spacial score (nSPS) is 11.9. The second-order valence-electron chi connectivity index (χ2n) is 3.75. The first kappa shape index (κ1) is 15.1. The smallest absolute Gasteiger partial charge is 0.242 e. The lowest BCUT2D eigenvalue weighted by atomic mass is 10.5. The minimum atomic E-state index is -3.46. The molecule has 0 spiro atoms. The predicted molar refractivity (Wildman–Crippen MR) is 83.1 cm³/mol. The molecule has 0 amide bonds. The molecule has 0 aliphatic carbocycles. The summed E-state index contributed by atoms with van der Waals surface area (Å²) in [5.74, 6) is 0. The zero-order chi connectivity index (χ0) is 13.9. The number of hydrogen-bond donors (Lipinski definition) is 2. The molecule has 0 saturated carbocycles. The summed E-state index contributed by atoms with van der Waals surface area (Å²) in [5, 5.41) is 6.69. The van der Waals surface area contributed by atoms with Crippen LogP contribution in [0.15, 0.2) is 32.3 Å². The number of sulfonamides is 1. The van der Waals surface area contributed by atoms with Crippen LogP contribution >= 0.6 is 38.6 Å². The fourth-order valence-electron chi connectivity index (χ4n) is 1.55. The van der Waals surface area contributed by atoms with Gasteiger partial charge in [0.25, 0.3) is 0 Å². The van der Waals surface area contributed by atoms with Gasteiger partial charge in [0.1, 0.15) is 0 Å². The van der Waals surface area contributed by atoms with Crippen LogP contribution in [-0.4, -0.2) is 15.5 Å². The highest BCUT2D eigenvalue weighted by Gasteiger charge is 2.19. The van der Waals surface area contributed by atoms with E-state index < -0.39 is 10.0 Å². The summed E-state index contributed by atoms with van der Waals surface area (Å²) >= 11 is 6.35. The largest absolute Gasteiger partial charge is 0.315 e. The Morgan fingerprint density at radius 1 is 1.16 bits per heavy atom. The van der Waals surface area contributed by atoms with Gasteiger partial charge in [-0.15, -0.1) is 22.7 Å². The SMILES string of the molecule is CNCc1sccc1S(=O)(=O)NCc1sccc1Br. The molecule has 2 heterocycles. The van der Waals surface area contributed by atoms with Crippen molar-refractivity contribution in [2.75, 3.05) is 7.05 Å². The van der Waals surface area contributed by atoms with Crippen molar-refractivity contribution in [1.82, 2.24) is 10.0 Å². The molecule has 104 valence electrons. The minimum Gasteiger partial charge on any atom is -0.315 e. The van der Waals surface area contributed by atoms with Crippen molar-refractivity contribution in [1.29, 1.82) is 0 Å². The van der Waals surface area contributed by atoms with Gasteiger partial charge in [0, 0.05) is 27.3 Å². The van der Waals surface area contributed by atoms with Gasteiger partial charge in [0.15, 0.2) is 0 Å². The van der Waals surface area contributed by atoms with Gasteiger partial charge in [-0.1, -0.05) is 0 Å². The summed E-state index contributed by atoms with van der Waals surface area (Å²) in [7, 11) is -1.66. The lowest BCUT2D eigenvalue weighted by molar-refractivity contribution is 0.580. The molecule has 0 unspecified atom stereocenters. The van der Waals surface area contributed by atoms with E-state index >= 15 is 0 Å². The van der Waals surface area contributed by atoms with Gasteiger partial charge >= 0.3 is 0 Å². The molecule has 2 aromatic rings. The van der Waals surface area contributed by atoms with Gasteiger partial charge < -0.3 is 5.32 Å². The highest BCUT2D eigenvalue weighted by atomic mass is 79.9. The molecule has 0 aromatic carbocycles. The Morgan fingerprint density at radius 2 is 1.84 bits per heavy atom. The first-order valence-electron chi connectivity index (χ1n) is 5.47. The molecule has 19 heavy (non-hydrogen) atoms. The fraction of sp³-hybridized carbons (Fsp3) is 0.273. The Labute approximate surface area is 129 Å². The lowest BCUT2D eigenvalue weighted by Gasteiger charge is -2.07. The van der Waals surface area contributed by atoms with Crippen LogP contribution in [0.3, 0.4) is 0 Å². The van der Waals surface area contributed by atoms with E-state index in [2.05, 4.69) is 26.0 Å². The standard InChI is InChI=1S/C11H13BrN2O2S3/c1-13-6-10-11(3-5-18-10)19(15,16)14-7-9-8(12)2-4-17-9/h2-5,13-14H,6-7H2,1H3. The minimum absolute atomic E-state index is 0.301. The van der Waals surface area contributed by atoms with Gasteiger partial charge in [-0.05, 0) is 45.9 Å². The molecule has 8 heteroatoms. The Hall–Kier alpha value is -0.250. The quantitative estimate of drug-likeness (QED) is 0.809. The third-order valence-electron chi connectivity index (χ3n) is 2.45. The van der Waals surface area contributed by atoms with Gasteiger partial charge in [0.05, 0.1) is 4.90 Å². The maximum absolute atomic E-state index is 12.3. The molecule has 0 saturated heterocycles. The maximum atomic E-state index is 12.3. The highest BCUT2D eigenvalue weighted by molar-refractivity contribution is 9.10. The van der Waals surface area contributed by atoms with E-state index in [1.807, 2.05) is 11.4 Å². The second kappa shape index (κ2) is 6.47. The molecule has 0 radical (unpaired) electrons. The maximum Gasteiger partial charge on any atom is 0.242 e. The van der Waals surface area contributed by atoms with Crippen molar-refractivity contribution < 1.29 is 8.42 Å². The van der Waals surface area contributed by atoms with Crippen LogP contribution < -0.4 is 10.0 Å². The van der Waals surface area contributed by atoms with Crippen LogP contribution in [0.25, 0.3) is 0 Å². The summed E-state index contributed by atoms with van der Waals surface area (Å²) in [6.45, 7) is 0.853. The van der Waals surface area contributed by atoms with Crippen LogP contribution in [-0.2, 0) is 23.1 Å². The zero-order valence-electron chi connectivity index (χ0n) is 10.1. The Morgan fingerprint density at radius 3 is 2.47 bits per heavy atom. The number of rotatable bonds is 6. The first-order chi connectivity index (χ1) is 9.04. The molecule has 0 aliphatic heterocycles. The molecule has 2 aromatic heterocycles. The molecule has 4 nitrogen and oxygen atoms in total. The van der Waals surface area contributed by atoms with E-state index in [1.54, 1.807) is 18.5 Å². The summed E-state index contributed by atoms with van der Waals surface area (Å²) in [6.07, 6.45) is 0. The van der Waals surface area contributed by atoms with Crippen molar-refractivity contribution in [2.24, 2.45) is 0 Å². The Kier molecular flexibility index (Phi) is 5.15. The molecule has 0 atom stereocenters. The van der Waals surface area contributed by atoms with E-state index in [4.69, 9.17) is 0 Å². The van der Waals surface area contributed by atoms with Gasteiger partial charge in [-0.25, -0.2) is 13.1 Å². The van der Waals surface area contributed by atoms with Gasteiger partial charge in [0.2, 0.25) is 10.0 Å². The summed E-state index contributed by atoms with van der Waals surface area (Å²) in [5.41, 5.74) is 0. The van der Waals surface area contributed by atoms with Crippen LogP contribution in [0, 0.1) is 0 Å².